The molecule has 0 spiro atoms. The van der Waals surface area contributed by atoms with Crippen molar-refractivity contribution in [3.63, 3.8) is 0 Å². The van der Waals surface area contributed by atoms with E-state index in [1.54, 1.807) is 33.0 Å². The molecule has 1 heterocycles. The van der Waals surface area contributed by atoms with E-state index >= 15 is 0 Å². The Labute approximate surface area is 169 Å². The average molecular weight is 405 g/mol. The second-order valence-corrected chi connectivity index (χ2v) is 6.50. The summed E-state index contributed by atoms with van der Waals surface area (Å²) in [6.45, 7) is 3.92. The molecule has 0 fully saturated rings. The van der Waals surface area contributed by atoms with Crippen LogP contribution in [0.3, 0.4) is 0 Å². The van der Waals surface area contributed by atoms with Crippen molar-refractivity contribution in [1.82, 2.24) is 14.5 Å². The van der Waals surface area contributed by atoms with Gasteiger partial charge in [-0.1, -0.05) is 0 Å². The minimum Gasteiger partial charge on any atom is -0.493 e. The Morgan fingerprint density at radius 2 is 1.86 bits per heavy atom. The zero-order chi connectivity index (χ0) is 21.6. The second kappa shape index (κ2) is 9.90. The molecule has 1 amide bonds. The van der Waals surface area contributed by atoms with E-state index in [1.165, 1.54) is 30.0 Å². The number of hydrogen-bond donors (Lipinski definition) is 0. The van der Waals surface area contributed by atoms with Crippen molar-refractivity contribution >= 4 is 22.8 Å². The van der Waals surface area contributed by atoms with E-state index in [-0.39, 0.29) is 24.5 Å². The van der Waals surface area contributed by atoms with Gasteiger partial charge in [-0.3, -0.25) is 14.2 Å². The highest BCUT2D eigenvalue weighted by Gasteiger charge is 2.23. The van der Waals surface area contributed by atoms with Crippen molar-refractivity contribution in [1.29, 1.82) is 0 Å². The van der Waals surface area contributed by atoms with Crippen LogP contribution >= 0.6 is 0 Å². The van der Waals surface area contributed by atoms with Crippen LogP contribution in [0.1, 0.15) is 26.7 Å². The van der Waals surface area contributed by atoms with E-state index in [9.17, 15) is 14.4 Å². The zero-order valence-electron chi connectivity index (χ0n) is 17.4. The molecule has 0 saturated carbocycles. The molecule has 9 heteroatoms. The number of carbonyl (C=O) groups is 2. The third-order valence-electron chi connectivity index (χ3n) is 4.72. The monoisotopic (exact) mass is 405 g/mol. The van der Waals surface area contributed by atoms with Crippen molar-refractivity contribution < 1.29 is 23.8 Å². The van der Waals surface area contributed by atoms with Gasteiger partial charge in [0.25, 0.3) is 5.56 Å². The van der Waals surface area contributed by atoms with Gasteiger partial charge in [-0.05, 0) is 26.3 Å². The molecule has 0 aliphatic rings. The summed E-state index contributed by atoms with van der Waals surface area (Å²) in [5, 5.41) is 0.407. The third-order valence-corrected chi connectivity index (χ3v) is 4.72. The number of hydrogen-bond acceptors (Lipinski definition) is 7. The fourth-order valence-corrected chi connectivity index (χ4v) is 2.86. The van der Waals surface area contributed by atoms with Gasteiger partial charge < -0.3 is 19.1 Å². The van der Waals surface area contributed by atoms with Crippen LogP contribution in [0.15, 0.2) is 23.3 Å². The van der Waals surface area contributed by atoms with Gasteiger partial charge in [0, 0.05) is 26.1 Å². The number of aryl methyl sites for hydroxylation is 1. The maximum absolute atomic E-state index is 12.7. The summed E-state index contributed by atoms with van der Waals surface area (Å²) in [6.07, 6.45) is 2.07. The van der Waals surface area contributed by atoms with Crippen LogP contribution in [0.4, 0.5) is 0 Å². The van der Waals surface area contributed by atoms with Gasteiger partial charge in [0.2, 0.25) is 5.91 Å². The molecule has 0 saturated heterocycles. The van der Waals surface area contributed by atoms with E-state index in [0.717, 1.165) is 0 Å². The second-order valence-electron chi connectivity index (χ2n) is 6.50. The number of likely N-dealkylation sites (N-methyl/N-ethyl adjacent to an activating group) is 1. The molecular formula is C20H27N3O6. The Hall–Kier alpha value is -3.10. The van der Waals surface area contributed by atoms with Gasteiger partial charge in [-0.15, -0.1) is 0 Å². The highest BCUT2D eigenvalue weighted by Crippen LogP contribution is 2.29. The first-order chi connectivity index (χ1) is 13.8. The van der Waals surface area contributed by atoms with Gasteiger partial charge >= 0.3 is 5.97 Å². The number of benzene rings is 1. The van der Waals surface area contributed by atoms with E-state index in [4.69, 9.17) is 14.2 Å². The summed E-state index contributed by atoms with van der Waals surface area (Å²) in [7, 11) is 4.58. The van der Waals surface area contributed by atoms with Crippen molar-refractivity contribution in [2.75, 3.05) is 27.9 Å². The van der Waals surface area contributed by atoms with E-state index in [2.05, 4.69) is 4.98 Å². The first-order valence-corrected chi connectivity index (χ1v) is 9.37. The molecule has 0 radical (unpaired) electrons. The average Bonchev–Trinajstić information content (AvgIpc) is 2.73. The maximum Gasteiger partial charge on any atom is 0.328 e. The highest BCUT2D eigenvalue weighted by molar-refractivity contribution is 5.84. The molecule has 2 rings (SSSR count). The number of aromatic nitrogens is 2. The van der Waals surface area contributed by atoms with Crippen molar-refractivity contribution in [2.45, 2.75) is 39.3 Å². The molecule has 0 N–H and O–H groups in total. The summed E-state index contributed by atoms with van der Waals surface area (Å²) in [5.74, 6) is 0.303. The lowest BCUT2D eigenvalue weighted by molar-refractivity contribution is -0.153. The molecule has 29 heavy (non-hydrogen) atoms. The standard InChI is InChI=1S/C20H27N3O6/c1-6-29-20(26)13(2)22(3)18(24)8-7-9-23-12-21-15-11-17(28-5)16(27-4)10-14(15)19(23)25/h10-13H,6-9H2,1-5H3/t13-/m1/s1. The number of rotatable bonds is 9. The minimum atomic E-state index is -0.657. The Bertz CT molecular complexity index is 940. The Morgan fingerprint density at radius 1 is 1.21 bits per heavy atom. The molecule has 2 aromatic rings. The van der Waals surface area contributed by atoms with Crippen LogP contribution in [-0.4, -0.2) is 60.2 Å². The molecular weight excluding hydrogens is 378 g/mol. The maximum atomic E-state index is 12.7. The quantitative estimate of drug-likeness (QED) is 0.584. The van der Waals surface area contributed by atoms with Crippen molar-refractivity contribution in [3.8, 4) is 11.5 Å². The summed E-state index contributed by atoms with van der Waals surface area (Å²) in [5.41, 5.74) is 0.277. The number of carbonyl (C=O) groups excluding carboxylic acids is 2. The van der Waals surface area contributed by atoms with Gasteiger partial charge in [-0.25, -0.2) is 9.78 Å². The number of amides is 1. The first kappa shape index (κ1) is 22.2. The number of fused-ring (bicyclic) bond motifs is 1. The summed E-state index contributed by atoms with van der Waals surface area (Å²) in [6, 6.07) is 2.59. The molecule has 9 nitrogen and oxygen atoms in total. The zero-order valence-corrected chi connectivity index (χ0v) is 17.4. The fourth-order valence-electron chi connectivity index (χ4n) is 2.86. The fraction of sp³-hybridized carbons (Fsp3) is 0.500. The molecule has 0 aliphatic carbocycles. The van der Waals surface area contributed by atoms with E-state index in [0.29, 0.717) is 35.4 Å². The van der Waals surface area contributed by atoms with Crippen LogP contribution in [0.2, 0.25) is 0 Å². The SMILES string of the molecule is CCOC(=O)[C@@H](C)N(C)C(=O)CCCn1cnc2cc(OC)c(OC)cc2c1=O. The summed E-state index contributed by atoms with van der Waals surface area (Å²) in [4.78, 5) is 42.5. The van der Waals surface area contributed by atoms with Crippen molar-refractivity contribution in [2.24, 2.45) is 0 Å². The van der Waals surface area contributed by atoms with Crippen LogP contribution in [-0.2, 0) is 20.9 Å². The lowest BCUT2D eigenvalue weighted by Crippen LogP contribution is -2.41. The third kappa shape index (κ3) is 5.04. The number of esters is 1. The summed E-state index contributed by atoms with van der Waals surface area (Å²) >= 11 is 0. The molecule has 0 bridgehead atoms. The molecule has 0 unspecified atom stereocenters. The van der Waals surface area contributed by atoms with Crippen LogP contribution in [0.5, 0.6) is 11.5 Å². The van der Waals surface area contributed by atoms with Crippen molar-refractivity contribution in [3.05, 3.63) is 28.8 Å². The molecule has 1 aromatic carbocycles. The molecule has 0 aliphatic heterocycles. The predicted molar refractivity (Wildman–Crippen MR) is 107 cm³/mol. The first-order valence-electron chi connectivity index (χ1n) is 9.37. The number of nitrogens with zero attached hydrogens (tertiary/aromatic N) is 3. The highest BCUT2D eigenvalue weighted by atomic mass is 16.5. The predicted octanol–water partition coefficient (Wildman–Crippen LogP) is 1.60. The smallest absolute Gasteiger partial charge is 0.328 e. The van der Waals surface area contributed by atoms with Gasteiger partial charge in [0.15, 0.2) is 11.5 Å². The number of methoxy groups -OCH3 is 2. The van der Waals surface area contributed by atoms with Crippen LogP contribution < -0.4 is 15.0 Å². The topological polar surface area (TPSA) is 100.0 Å². The lowest BCUT2D eigenvalue weighted by Gasteiger charge is -2.23. The molecule has 1 atom stereocenters. The Balaban J connectivity index is 2.07. The lowest BCUT2D eigenvalue weighted by atomic mass is 10.2. The van der Waals surface area contributed by atoms with Crippen LogP contribution in [0, 0.1) is 0 Å². The van der Waals surface area contributed by atoms with E-state index in [1.807, 2.05) is 0 Å². The largest absolute Gasteiger partial charge is 0.493 e. The van der Waals surface area contributed by atoms with E-state index < -0.39 is 12.0 Å². The molecule has 1 aromatic heterocycles. The van der Waals surface area contributed by atoms with Gasteiger partial charge in [0.1, 0.15) is 6.04 Å². The number of ether oxygens (including phenoxy) is 3. The minimum absolute atomic E-state index is 0.191. The summed E-state index contributed by atoms with van der Waals surface area (Å²) < 4.78 is 16.9. The molecule has 158 valence electrons. The Morgan fingerprint density at radius 3 is 2.48 bits per heavy atom. The van der Waals surface area contributed by atoms with Crippen LogP contribution in [0.25, 0.3) is 10.9 Å². The Kier molecular flexibility index (Phi) is 7.58. The van der Waals surface area contributed by atoms with Gasteiger partial charge in [-0.2, -0.15) is 0 Å². The normalized spacial score (nSPS) is 11.8. The van der Waals surface area contributed by atoms with Gasteiger partial charge in [0.05, 0.1) is 38.1 Å².